The molecule has 0 spiro atoms. The molecule has 4 heteroatoms. The van der Waals surface area contributed by atoms with Gasteiger partial charge < -0.3 is 9.88 Å². The molecule has 1 fully saturated rings. The molecule has 0 saturated carbocycles. The number of nitrogens with one attached hydrogen (secondary N) is 1. The van der Waals surface area contributed by atoms with Crippen molar-refractivity contribution < 1.29 is 4.79 Å². The number of fused-ring (bicyclic) bond motifs is 1. The Morgan fingerprint density at radius 1 is 1.40 bits per heavy atom. The van der Waals surface area contributed by atoms with E-state index >= 15 is 0 Å². The van der Waals surface area contributed by atoms with E-state index in [1.165, 1.54) is 22.2 Å². The fourth-order valence-electron chi connectivity index (χ4n) is 3.08. The number of carbonyl (C=O) groups excluding carboxylic acids is 1. The quantitative estimate of drug-likeness (QED) is 0.856. The maximum Gasteiger partial charge on any atom is 0.222 e. The SMILES string of the molecule is Cc1[nH]c2ccccc2c1CCN1CC(CBr)CC1=O. The summed E-state index contributed by atoms with van der Waals surface area (Å²) in [6.07, 6.45) is 1.62. The normalized spacial score (nSPS) is 19.2. The lowest BCUT2D eigenvalue weighted by Gasteiger charge is -2.16. The average Bonchev–Trinajstić information content (AvgIpc) is 2.96. The number of nitrogens with zero attached hydrogens (tertiary/aromatic N) is 1. The number of likely N-dealkylation sites (tertiary alicyclic amines) is 1. The van der Waals surface area contributed by atoms with Gasteiger partial charge in [-0.05, 0) is 30.9 Å². The van der Waals surface area contributed by atoms with E-state index in [-0.39, 0.29) is 0 Å². The van der Waals surface area contributed by atoms with Crippen molar-refractivity contribution in [3.63, 3.8) is 0 Å². The molecule has 1 aromatic heterocycles. The molecule has 0 aliphatic carbocycles. The monoisotopic (exact) mass is 334 g/mol. The second kappa shape index (κ2) is 5.60. The lowest BCUT2D eigenvalue weighted by Crippen LogP contribution is -2.27. The third-order valence-electron chi connectivity index (χ3n) is 4.17. The smallest absolute Gasteiger partial charge is 0.222 e. The predicted molar refractivity (Wildman–Crippen MR) is 85.2 cm³/mol. The van der Waals surface area contributed by atoms with E-state index in [0.717, 1.165) is 24.8 Å². The van der Waals surface area contributed by atoms with Gasteiger partial charge >= 0.3 is 0 Å². The molecule has 2 heterocycles. The van der Waals surface area contributed by atoms with E-state index in [4.69, 9.17) is 0 Å². The van der Waals surface area contributed by atoms with Crippen LogP contribution < -0.4 is 0 Å². The van der Waals surface area contributed by atoms with E-state index in [1.807, 2.05) is 11.0 Å². The highest BCUT2D eigenvalue weighted by molar-refractivity contribution is 9.09. The van der Waals surface area contributed by atoms with Crippen molar-refractivity contribution in [2.45, 2.75) is 19.8 Å². The molecule has 1 amide bonds. The molecule has 0 bridgehead atoms. The standard InChI is InChI=1S/C16H19BrN2O/c1-11-13(14-4-2-3-5-15(14)18-11)6-7-19-10-12(9-17)8-16(19)20/h2-5,12,18H,6-10H2,1H3. The van der Waals surface area contributed by atoms with Gasteiger partial charge in [-0.15, -0.1) is 0 Å². The summed E-state index contributed by atoms with van der Waals surface area (Å²) in [5.41, 5.74) is 3.75. The number of rotatable bonds is 4. The van der Waals surface area contributed by atoms with Gasteiger partial charge in [-0.3, -0.25) is 4.79 Å². The second-order valence-electron chi connectivity index (χ2n) is 5.59. The van der Waals surface area contributed by atoms with Crippen molar-refractivity contribution in [1.29, 1.82) is 0 Å². The van der Waals surface area contributed by atoms with Gasteiger partial charge in [0.1, 0.15) is 0 Å². The van der Waals surface area contributed by atoms with E-state index in [1.54, 1.807) is 0 Å². The van der Waals surface area contributed by atoms with E-state index < -0.39 is 0 Å². The van der Waals surface area contributed by atoms with Crippen LogP contribution in [0.15, 0.2) is 24.3 Å². The first-order valence-electron chi connectivity index (χ1n) is 7.09. The predicted octanol–water partition coefficient (Wildman–Crippen LogP) is 3.26. The molecule has 1 aliphatic rings. The number of aryl methyl sites for hydroxylation is 1. The first-order valence-corrected chi connectivity index (χ1v) is 8.21. The molecule has 3 rings (SSSR count). The van der Waals surface area contributed by atoms with E-state index in [9.17, 15) is 4.79 Å². The summed E-state index contributed by atoms with van der Waals surface area (Å²) in [7, 11) is 0. The van der Waals surface area contributed by atoms with Gasteiger partial charge in [0.25, 0.3) is 0 Å². The minimum absolute atomic E-state index is 0.298. The zero-order chi connectivity index (χ0) is 14.1. The lowest BCUT2D eigenvalue weighted by molar-refractivity contribution is -0.127. The van der Waals surface area contributed by atoms with Crippen molar-refractivity contribution in [2.75, 3.05) is 18.4 Å². The number of para-hydroxylation sites is 1. The van der Waals surface area contributed by atoms with Gasteiger partial charge in [0.2, 0.25) is 5.91 Å². The average molecular weight is 335 g/mol. The first-order chi connectivity index (χ1) is 9.69. The van der Waals surface area contributed by atoms with Crippen molar-refractivity contribution >= 4 is 32.7 Å². The van der Waals surface area contributed by atoms with Gasteiger partial charge in [-0.1, -0.05) is 34.1 Å². The maximum absolute atomic E-state index is 11.9. The molecule has 1 N–H and O–H groups in total. The van der Waals surface area contributed by atoms with Crippen LogP contribution >= 0.6 is 15.9 Å². The van der Waals surface area contributed by atoms with Crippen LogP contribution in [-0.2, 0) is 11.2 Å². The number of hydrogen-bond acceptors (Lipinski definition) is 1. The van der Waals surface area contributed by atoms with Crippen LogP contribution in [0.25, 0.3) is 10.9 Å². The molecule has 1 saturated heterocycles. The lowest BCUT2D eigenvalue weighted by atomic mass is 10.1. The van der Waals surface area contributed by atoms with E-state index in [2.05, 4.69) is 46.0 Å². The molecule has 20 heavy (non-hydrogen) atoms. The minimum Gasteiger partial charge on any atom is -0.358 e. The summed E-state index contributed by atoms with van der Waals surface area (Å²) in [4.78, 5) is 17.4. The molecule has 0 radical (unpaired) electrons. The number of H-pyrrole nitrogens is 1. The topological polar surface area (TPSA) is 36.1 Å². The fraction of sp³-hybridized carbons (Fsp3) is 0.438. The van der Waals surface area contributed by atoms with Crippen LogP contribution in [0.3, 0.4) is 0 Å². The minimum atomic E-state index is 0.298. The van der Waals surface area contributed by atoms with Crippen LogP contribution in [-0.4, -0.2) is 34.2 Å². The highest BCUT2D eigenvalue weighted by Crippen LogP contribution is 2.24. The molecule has 3 nitrogen and oxygen atoms in total. The number of carbonyl (C=O) groups is 1. The van der Waals surface area contributed by atoms with Crippen molar-refractivity contribution in [3.05, 3.63) is 35.5 Å². The summed E-state index contributed by atoms with van der Waals surface area (Å²) in [5, 5.41) is 2.20. The van der Waals surface area contributed by atoms with Crippen LogP contribution in [0.1, 0.15) is 17.7 Å². The summed E-state index contributed by atoms with van der Waals surface area (Å²) in [6, 6.07) is 8.38. The van der Waals surface area contributed by atoms with Crippen LogP contribution in [0.4, 0.5) is 0 Å². The Bertz CT molecular complexity index is 634. The maximum atomic E-state index is 11.9. The number of hydrogen-bond donors (Lipinski definition) is 1. The molecule has 106 valence electrons. The van der Waals surface area contributed by atoms with Gasteiger partial charge in [0.15, 0.2) is 0 Å². The number of amides is 1. The first kappa shape index (κ1) is 13.7. The van der Waals surface area contributed by atoms with Gasteiger partial charge in [0, 0.05) is 41.4 Å². The molecular weight excluding hydrogens is 316 g/mol. The highest BCUT2D eigenvalue weighted by atomic mass is 79.9. The molecule has 1 aromatic carbocycles. The van der Waals surface area contributed by atoms with Crippen LogP contribution in [0.2, 0.25) is 0 Å². The Morgan fingerprint density at radius 3 is 2.95 bits per heavy atom. The van der Waals surface area contributed by atoms with Gasteiger partial charge in [-0.2, -0.15) is 0 Å². The van der Waals surface area contributed by atoms with E-state index in [0.29, 0.717) is 18.2 Å². The number of halogens is 1. The third kappa shape index (κ3) is 2.49. The third-order valence-corrected chi connectivity index (χ3v) is 5.09. The second-order valence-corrected chi connectivity index (χ2v) is 6.24. The molecular formula is C16H19BrN2O. The molecule has 1 atom stereocenters. The number of benzene rings is 1. The Morgan fingerprint density at radius 2 is 2.20 bits per heavy atom. The van der Waals surface area contributed by atoms with Crippen molar-refractivity contribution in [3.8, 4) is 0 Å². The highest BCUT2D eigenvalue weighted by Gasteiger charge is 2.28. The Kier molecular flexibility index (Phi) is 3.83. The summed E-state index contributed by atoms with van der Waals surface area (Å²) < 4.78 is 0. The number of alkyl halides is 1. The largest absolute Gasteiger partial charge is 0.358 e. The van der Waals surface area contributed by atoms with Crippen LogP contribution in [0, 0.1) is 12.8 Å². The summed E-state index contributed by atoms with van der Waals surface area (Å²) in [5.74, 6) is 0.776. The Hall–Kier alpha value is -1.29. The molecule has 1 aliphatic heterocycles. The zero-order valence-corrected chi connectivity index (χ0v) is 13.2. The fourth-order valence-corrected chi connectivity index (χ4v) is 3.51. The molecule has 2 aromatic rings. The molecule has 1 unspecified atom stereocenters. The Balaban J connectivity index is 1.74. The zero-order valence-electron chi connectivity index (χ0n) is 11.7. The number of aromatic nitrogens is 1. The van der Waals surface area contributed by atoms with Crippen molar-refractivity contribution in [2.24, 2.45) is 5.92 Å². The Labute approximate surface area is 127 Å². The van der Waals surface area contributed by atoms with Crippen molar-refractivity contribution in [1.82, 2.24) is 9.88 Å². The summed E-state index contributed by atoms with van der Waals surface area (Å²) >= 11 is 3.48. The van der Waals surface area contributed by atoms with Gasteiger partial charge in [-0.25, -0.2) is 0 Å². The van der Waals surface area contributed by atoms with Crippen LogP contribution in [0.5, 0.6) is 0 Å². The van der Waals surface area contributed by atoms with Gasteiger partial charge in [0.05, 0.1) is 0 Å². The number of aromatic amines is 1. The summed E-state index contributed by atoms with van der Waals surface area (Å²) in [6.45, 7) is 3.83.